The molecular weight excluding hydrogens is 253 g/mol. The highest BCUT2D eigenvalue weighted by molar-refractivity contribution is 5.94. The maximum absolute atomic E-state index is 14.0. The summed E-state index contributed by atoms with van der Waals surface area (Å²) in [6, 6.07) is 4.81. The maximum Gasteiger partial charge on any atom is 0.128 e. The summed E-state index contributed by atoms with van der Waals surface area (Å²) in [6.45, 7) is 1.65. The Morgan fingerprint density at radius 1 is 1.35 bits per heavy atom. The molecule has 0 spiro atoms. The first-order valence-corrected chi connectivity index (χ1v) is 7.37. The van der Waals surface area contributed by atoms with E-state index >= 15 is 0 Å². The second-order valence-corrected chi connectivity index (χ2v) is 5.92. The number of hydrogen-bond donors (Lipinski definition) is 2. The van der Waals surface area contributed by atoms with Crippen LogP contribution in [0.1, 0.15) is 43.2 Å². The minimum atomic E-state index is -0.270. The molecule has 1 fully saturated rings. The van der Waals surface area contributed by atoms with E-state index in [2.05, 4.69) is 4.90 Å². The SMILES string of the molecule is CN(Cc1ccc(C(=N)N)cc1F)CC1CCCCC1. The van der Waals surface area contributed by atoms with Gasteiger partial charge >= 0.3 is 0 Å². The van der Waals surface area contributed by atoms with Crippen molar-refractivity contribution in [2.24, 2.45) is 11.7 Å². The van der Waals surface area contributed by atoms with Crippen molar-refractivity contribution in [1.29, 1.82) is 5.41 Å². The molecule has 0 aromatic heterocycles. The standard InChI is InChI=1S/C16H24FN3/c1-20(10-12-5-3-2-4-6-12)11-14-8-7-13(16(18)19)9-15(14)17/h7-9,12H,2-6,10-11H2,1H3,(H3,18,19). The molecule has 0 radical (unpaired) electrons. The van der Waals surface area contributed by atoms with Crippen molar-refractivity contribution in [2.45, 2.75) is 38.6 Å². The molecule has 1 aromatic carbocycles. The van der Waals surface area contributed by atoms with E-state index in [9.17, 15) is 4.39 Å². The first-order chi connectivity index (χ1) is 9.56. The number of rotatable bonds is 5. The lowest BCUT2D eigenvalue weighted by molar-refractivity contribution is 0.226. The molecule has 4 heteroatoms. The third kappa shape index (κ3) is 4.04. The van der Waals surface area contributed by atoms with Crippen molar-refractivity contribution in [3.63, 3.8) is 0 Å². The van der Waals surface area contributed by atoms with Crippen molar-refractivity contribution in [3.8, 4) is 0 Å². The zero-order valence-corrected chi connectivity index (χ0v) is 12.2. The number of benzene rings is 1. The second kappa shape index (κ2) is 6.84. The predicted octanol–water partition coefficient (Wildman–Crippen LogP) is 3.12. The lowest BCUT2D eigenvalue weighted by Crippen LogP contribution is -2.27. The molecule has 1 aromatic rings. The van der Waals surface area contributed by atoms with Crippen LogP contribution in [0.15, 0.2) is 18.2 Å². The zero-order chi connectivity index (χ0) is 14.5. The molecule has 0 atom stereocenters. The first kappa shape index (κ1) is 15.0. The monoisotopic (exact) mass is 277 g/mol. The number of hydrogen-bond acceptors (Lipinski definition) is 2. The molecule has 0 unspecified atom stereocenters. The molecule has 3 N–H and O–H groups in total. The number of halogens is 1. The summed E-state index contributed by atoms with van der Waals surface area (Å²) < 4.78 is 14.0. The molecule has 0 bridgehead atoms. The highest BCUT2D eigenvalue weighted by atomic mass is 19.1. The Balaban J connectivity index is 1.93. The van der Waals surface area contributed by atoms with Crippen molar-refractivity contribution in [3.05, 3.63) is 35.1 Å². The molecule has 0 heterocycles. The average Bonchev–Trinajstić information content (AvgIpc) is 2.42. The van der Waals surface area contributed by atoms with E-state index in [0.29, 0.717) is 17.7 Å². The summed E-state index contributed by atoms with van der Waals surface area (Å²) in [4.78, 5) is 2.20. The van der Waals surface area contributed by atoms with Gasteiger partial charge in [-0.25, -0.2) is 4.39 Å². The number of nitrogens with zero attached hydrogens (tertiary/aromatic N) is 1. The van der Waals surface area contributed by atoms with Crippen molar-refractivity contribution >= 4 is 5.84 Å². The highest BCUT2D eigenvalue weighted by Gasteiger charge is 2.16. The summed E-state index contributed by atoms with van der Waals surface area (Å²) in [7, 11) is 2.05. The van der Waals surface area contributed by atoms with Gasteiger partial charge in [0.25, 0.3) is 0 Å². The maximum atomic E-state index is 14.0. The largest absolute Gasteiger partial charge is 0.384 e. The fourth-order valence-electron chi connectivity index (χ4n) is 3.01. The van der Waals surface area contributed by atoms with Gasteiger partial charge in [0.1, 0.15) is 11.7 Å². The molecule has 1 aliphatic rings. The van der Waals surface area contributed by atoms with Gasteiger partial charge in [-0.1, -0.05) is 31.4 Å². The van der Waals surface area contributed by atoms with E-state index in [1.54, 1.807) is 12.1 Å². The van der Waals surface area contributed by atoms with Crippen LogP contribution in [0.4, 0.5) is 4.39 Å². The van der Waals surface area contributed by atoms with Crippen LogP contribution < -0.4 is 5.73 Å². The van der Waals surface area contributed by atoms with E-state index in [1.165, 1.54) is 38.2 Å². The van der Waals surface area contributed by atoms with E-state index in [4.69, 9.17) is 11.1 Å². The minimum absolute atomic E-state index is 0.0917. The van der Waals surface area contributed by atoms with Gasteiger partial charge < -0.3 is 10.6 Å². The molecule has 110 valence electrons. The Morgan fingerprint density at radius 2 is 2.05 bits per heavy atom. The Morgan fingerprint density at radius 3 is 2.65 bits per heavy atom. The van der Waals surface area contributed by atoms with Crippen molar-refractivity contribution < 1.29 is 4.39 Å². The number of nitrogens with one attached hydrogen (secondary N) is 1. The Kier molecular flexibility index (Phi) is 5.12. The third-order valence-electron chi connectivity index (χ3n) is 4.10. The van der Waals surface area contributed by atoms with E-state index < -0.39 is 0 Å². The fraction of sp³-hybridized carbons (Fsp3) is 0.562. The molecule has 3 nitrogen and oxygen atoms in total. The molecule has 20 heavy (non-hydrogen) atoms. The lowest BCUT2D eigenvalue weighted by Gasteiger charge is -2.27. The van der Waals surface area contributed by atoms with Gasteiger partial charge in [0.05, 0.1) is 0 Å². The quantitative estimate of drug-likeness (QED) is 0.642. The minimum Gasteiger partial charge on any atom is -0.384 e. The van der Waals surface area contributed by atoms with Crippen LogP contribution in [0.2, 0.25) is 0 Å². The van der Waals surface area contributed by atoms with Gasteiger partial charge in [0.2, 0.25) is 0 Å². The summed E-state index contributed by atoms with van der Waals surface area (Å²) in [6.07, 6.45) is 6.63. The van der Waals surface area contributed by atoms with Crippen LogP contribution in [0.3, 0.4) is 0 Å². The number of nitrogens with two attached hydrogens (primary N) is 1. The van der Waals surface area contributed by atoms with Crippen LogP contribution in [0.5, 0.6) is 0 Å². The normalized spacial score (nSPS) is 16.6. The summed E-state index contributed by atoms with van der Waals surface area (Å²) >= 11 is 0. The van der Waals surface area contributed by atoms with Gasteiger partial charge in [-0.2, -0.15) is 0 Å². The molecule has 0 saturated heterocycles. The first-order valence-electron chi connectivity index (χ1n) is 7.37. The molecular formula is C16H24FN3. The Hall–Kier alpha value is -1.42. The van der Waals surface area contributed by atoms with Gasteiger partial charge in [0, 0.05) is 24.2 Å². The fourth-order valence-corrected chi connectivity index (χ4v) is 3.01. The van der Waals surface area contributed by atoms with Gasteiger partial charge in [-0.3, -0.25) is 5.41 Å². The molecule has 2 rings (SSSR count). The van der Waals surface area contributed by atoms with Crippen LogP contribution >= 0.6 is 0 Å². The zero-order valence-electron chi connectivity index (χ0n) is 12.2. The van der Waals surface area contributed by atoms with Crippen molar-refractivity contribution in [2.75, 3.05) is 13.6 Å². The number of nitrogen functional groups attached to an aromatic ring is 1. The predicted molar refractivity (Wildman–Crippen MR) is 80.3 cm³/mol. The lowest BCUT2D eigenvalue weighted by atomic mass is 9.89. The molecule has 1 saturated carbocycles. The van der Waals surface area contributed by atoms with Crippen LogP contribution in [0, 0.1) is 17.1 Å². The molecule has 0 aliphatic heterocycles. The second-order valence-electron chi connectivity index (χ2n) is 5.92. The van der Waals surface area contributed by atoms with Crippen molar-refractivity contribution in [1.82, 2.24) is 4.90 Å². The van der Waals surface area contributed by atoms with E-state index in [0.717, 1.165) is 12.5 Å². The number of amidine groups is 1. The van der Waals surface area contributed by atoms with Gasteiger partial charge in [-0.15, -0.1) is 0 Å². The van der Waals surface area contributed by atoms with Crippen LogP contribution in [-0.2, 0) is 6.54 Å². The van der Waals surface area contributed by atoms with E-state index in [-0.39, 0.29) is 11.7 Å². The van der Waals surface area contributed by atoms with Crippen LogP contribution in [-0.4, -0.2) is 24.3 Å². The van der Waals surface area contributed by atoms with Gasteiger partial charge in [-0.05, 0) is 31.9 Å². The van der Waals surface area contributed by atoms with Gasteiger partial charge in [0.15, 0.2) is 0 Å². The smallest absolute Gasteiger partial charge is 0.128 e. The highest BCUT2D eigenvalue weighted by Crippen LogP contribution is 2.24. The van der Waals surface area contributed by atoms with E-state index in [1.807, 2.05) is 7.05 Å². The molecule has 0 amide bonds. The summed E-state index contributed by atoms with van der Waals surface area (Å²) in [5.74, 6) is 0.396. The Bertz CT molecular complexity index is 467. The summed E-state index contributed by atoms with van der Waals surface area (Å²) in [5, 5.41) is 7.31. The average molecular weight is 277 g/mol. The summed E-state index contributed by atoms with van der Waals surface area (Å²) in [5.41, 5.74) is 6.48. The molecule has 1 aliphatic carbocycles. The topological polar surface area (TPSA) is 53.1 Å². The third-order valence-corrected chi connectivity index (χ3v) is 4.10. The Labute approximate surface area is 120 Å². The van der Waals surface area contributed by atoms with Crippen LogP contribution in [0.25, 0.3) is 0 Å².